The summed E-state index contributed by atoms with van der Waals surface area (Å²) in [6.07, 6.45) is 1.48. The van der Waals surface area contributed by atoms with Gasteiger partial charge in [0.15, 0.2) is 0 Å². The van der Waals surface area contributed by atoms with Crippen molar-refractivity contribution in [2.75, 3.05) is 4.72 Å². The van der Waals surface area contributed by atoms with Gasteiger partial charge >= 0.3 is 10.2 Å². The number of benzene rings is 2. The van der Waals surface area contributed by atoms with Gasteiger partial charge in [0.05, 0.1) is 26.6 Å². The number of aryl methyl sites for hydroxylation is 1. The molecule has 0 fully saturated rings. The first-order valence-electron chi connectivity index (χ1n) is 7.22. The first-order chi connectivity index (χ1) is 12.1. The zero-order valence-electron chi connectivity index (χ0n) is 13.3. The predicted octanol–water partition coefficient (Wildman–Crippen LogP) is 2.81. The molecule has 0 aliphatic rings. The minimum Gasteiger partial charge on any atom is -0.358 e. The number of hydrogen-bond acceptors (Lipinski definition) is 5. The fourth-order valence-corrected chi connectivity index (χ4v) is 4.11. The van der Waals surface area contributed by atoms with Crippen LogP contribution in [0.4, 0.5) is 9.57 Å². The normalized spacial score (nSPS) is 12.0. The maximum absolute atomic E-state index is 12.9. The van der Waals surface area contributed by atoms with Crippen molar-refractivity contribution in [2.45, 2.75) is 16.7 Å². The topological polar surface area (TPSA) is 120 Å². The molecule has 0 aliphatic heterocycles. The van der Waals surface area contributed by atoms with Crippen LogP contribution in [0, 0.1) is 18.3 Å². The molecule has 26 heavy (non-hydrogen) atoms. The van der Waals surface area contributed by atoms with E-state index in [1.807, 2.05) is 6.07 Å². The molecule has 7 nitrogen and oxygen atoms in total. The zero-order valence-corrected chi connectivity index (χ0v) is 14.9. The van der Waals surface area contributed by atoms with Gasteiger partial charge in [0.25, 0.3) is 10.0 Å². The molecule has 134 valence electrons. The number of aromatic nitrogens is 1. The van der Waals surface area contributed by atoms with Crippen molar-refractivity contribution in [3.63, 3.8) is 0 Å². The number of halogens is 1. The van der Waals surface area contributed by atoms with Gasteiger partial charge in [-0.3, -0.25) is 4.72 Å². The lowest BCUT2D eigenvalue weighted by atomic mass is 10.1. The average Bonchev–Trinajstić information content (AvgIpc) is 3.02. The van der Waals surface area contributed by atoms with Crippen LogP contribution in [0.5, 0.6) is 0 Å². The maximum atomic E-state index is 12.9. The van der Waals surface area contributed by atoms with Crippen LogP contribution in [0.3, 0.4) is 0 Å². The monoisotopic (exact) mass is 393 g/mol. The highest BCUT2D eigenvalue weighted by atomic mass is 32.3. The Morgan fingerprint density at radius 3 is 2.23 bits per heavy atom. The van der Waals surface area contributed by atoms with Gasteiger partial charge in [0, 0.05) is 11.6 Å². The zero-order chi connectivity index (χ0) is 19.1. The van der Waals surface area contributed by atoms with Crippen LogP contribution >= 0.6 is 0 Å². The van der Waals surface area contributed by atoms with E-state index in [1.54, 1.807) is 19.1 Å². The molecule has 0 radical (unpaired) electrons. The number of anilines is 1. The molecule has 2 N–H and O–H groups in total. The number of hydrogen-bond donors (Lipinski definition) is 2. The molecule has 2 aromatic carbocycles. The van der Waals surface area contributed by atoms with Gasteiger partial charge < -0.3 is 4.98 Å². The molecule has 1 heterocycles. The van der Waals surface area contributed by atoms with Crippen LogP contribution in [0.2, 0.25) is 0 Å². The Hall–Kier alpha value is -2.90. The summed E-state index contributed by atoms with van der Waals surface area (Å²) in [5, 5.41) is 9.76. The van der Waals surface area contributed by atoms with Gasteiger partial charge in [-0.15, -0.1) is 3.89 Å². The van der Waals surface area contributed by atoms with Crippen LogP contribution in [0.15, 0.2) is 52.4 Å². The molecule has 0 bridgehead atoms. The van der Waals surface area contributed by atoms with E-state index in [-0.39, 0.29) is 10.6 Å². The Kier molecular flexibility index (Phi) is 4.21. The third kappa shape index (κ3) is 3.14. The highest BCUT2D eigenvalue weighted by molar-refractivity contribution is 7.92. The number of rotatable bonds is 4. The average molecular weight is 393 g/mol. The Bertz CT molecular complexity index is 1260. The van der Waals surface area contributed by atoms with E-state index >= 15 is 0 Å². The Morgan fingerprint density at radius 1 is 1.04 bits per heavy atom. The lowest BCUT2D eigenvalue weighted by molar-refractivity contribution is 0.551. The van der Waals surface area contributed by atoms with Crippen molar-refractivity contribution in [1.82, 2.24) is 4.98 Å². The van der Waals surface area contributed by atoms with Crippen molar-refractivity contribution >= 4 is 36.8 Å². The third-order valence-corrected chi connectivity index (χ3v) is 6.04. The standard InChI is InChI=1S/C16H12FN3O4S2/c1-10-2-7-14(16-15(10)11(8-18)9-19-16)20-26(23,24)13-5-3-12(4-6-13)25(17,21)22/h2-7,9,19-20H,1H3. The molecule has 0 aliphatic carbocycles. The van der Waals surface area contributed by atoms with Gasteiger partial charge in [-0.05, 0) is 42.8 Å². The minimum atomic E-state index is -4.91. The van der Waals surface area contributed by atoms with Crippen LogP contribution in [0.25, 0.3) is 10.9 Å². The summed E-state index contributed by atoms with van der Waals surface area (Å²) in [7, 11) is -8.96. The molecule has 0 spiro atoms. The number of nitrogens with zero attached hydrogens (tertiary/aromatic N) is 1. The Labute approximate surface area is 149 Å². The van der Waals surface area contributed by atoms with E-state index in [1.165, 1.54) is 6.20 Å². The molecule has 0 saturated heterocycles. The summed E-state index contributed by atoms with van der Waals surface area (Å²) in [6, 6.07) is 8.99. The molecule has 3 aromatic rings. The van der Waals surface area contributed by atoms with Crippen molar-refractivity contribution in [3.05, 3.63) is 53.7 Å². The highest BCUT2D eigenvalue weighted by Crippen LogP contribution is 2.30. The maximum Gasteiger partial charge on any atom is 0.332 e. The summed E-state index contributed by atoms with van der Waals surface area (Å²) in [6.45, 7) is 1.80. The summed E-state index contributed by atoms with van der Waals surface area (Å²) >= 11 is 0. The number of sulfonamides is 1. The van der Waals surface area contributed by atoms with E-state index in [9.17, 15) is 20.7 Å². The Morgan fingerprint density at radius 2 is 1.65 bits per heavy atom. The van der Waals surface area contributed by atoms with Crippen LogP contribution in [-0.4, -0.2) is 21.8 Å². The molecular formula is C16H12FN3O4S2. The molecule has 3 rings (SSSR count). The van der Waals surface area contributed by atoms with Crippen LogP contribution in [0.1, 0.15) is 11.1 Å². The first kappa shape index (κ1) is 17.9. The summed E-state index contributed by atoms with van der Waals surface area (Å²) < 4.78 is 62.0. The quantitative estimate of drug-likeness (QED) is 0.661. The summed E-state index contributed by atoms with van der Waals surface area (Å²) in [4.78, 5) is 2.01. The second-order valence-electron chi connectivity index (χ2n) is 5.51. The highest BCUT2D eigenvalue weighted by Gasteiger charge is 2.19. The molecule has 10 heteroatoms. The van der Waals surface area contributed by atoms with E-state index in [0.29, 0.717) is 16.5 Å². The van der Waals surface area contributed by atoms with Crippen molar-refractivity contribution in [2.24, 2.45) is 0 Å². The molecule has 0 saturated carbocycles. The largest absolute Gasteiger partial charge is 0.358 e. The fourth-order valence-electron chi connectivity index (χ4n) is 2.58. The van der Waals surface area contributed by atoms with Gasteiger partial charge in [0.1, 0.15) is 6.07 Å². The van der Waals surface area contributed by atoms with E-state index < -0.39 is 25.1 Å². The first-order valence-corrected chi connectivity index (χ1v) is 10.1. The van der Waals surface area contributed by atoms with Gasteiger partial charge in [-0.1, -0.05) is 6.07 Å². The minimum absolute atomic E-state index is 0.231. The van der Waals surface area contributed by atoms with Gasteiger partial charge in [-0.25, -0.2) is 8.42 Å². The summed E-state index contributed by atoms with van der Waals surface area (Å²) in [5.41, 5.74) is 1.87. The predicted molar refractivity (Wildman–Crippen MR) is 93.3 cm³/mol. The van der Waals surface area contributed by atoms with Crippen molar-refractivity contribution in [1.29, 1.82) is 5.26 Å². The lowest BCUT2D eigenvalue weighted by Gasteiger charge is -2.10. The number of H-pyrrole nitrogens is 1. The SMILES string of the molecule is Cc1ccc(NS(=O)(=O)c2ccc(S(=O)(=O)F)cc2)c2[nH]cc(C#N)c12. The van der Waals surface area contributed by atoms with Crippen molar-refractivity contribution in [3.8, 4) is 6.07 Å². The van der Waals surface area contributed by atoms with Gasteiger partial charge in [0.2, 0.25) is 0 Å². The van der Waals surface area contributed by atoms with E-state index in [4.69, 9.17) is 5.26 Å². The third-order valence-electron chi connectivity index (χ3n) is 3.82. The molecular weight excluding hydrogens is 381 g/mol. The summed E-state index contributed by atoms with van der Waals surface area (Å²) in [5.74, 6) is 0. The van der Waals surface area contributed by atoms with Crippen LogP contribution in [-0.2, 0) is 20.2 Å². The van der Waals surface area contributed by atoms with Gasteiger partial charge in [-0.2, -0.15) is 13.7 Å². The fraction of sp³-hybridized carbons (Fsp3) is 0.0625. The number of nitriles is 1. The number of nitrogens with one attached hydrogen (secondary N) is 2. The molecule has 0 atom stereocenters. The van der Waals surface area contributed by atoms with E-state index in [0.717, 1.165) is 29.8 Å². The lowest BCUT2D eigenvalue weighted by Crippen LogP contribution is -2.13. The second-order valence-corrected chi connectivity index (χ2v) is 8.54. The van der Waals surface area contributed by atoms with Crippen molar-refractivity contribution < 1.29 is 20.7 Å². The number of fused-ring (bicyclic) bond motifs is 1. The van der Waals surface area contributed by atoms with E-state index in [2.05, 4.69) is 9.71 Å². The molecule has 0 unspecified atom stereocenters. The molecule has 0 amide bonds. The number of aromatic amines is 1. The van der Waals surface area contributed by atoms with Crippen LogP contribution < -0.4 is 4.72 Å². The molecule has 1 aromatic heterocycles. The second kappa shape index (κ2) is 6.12. The smallest absolute Gasteiger partial charge is 0.332 e. The Balaban J connectivity index is 2.03.